The summed E-state index contributed by atoms with van der Waals surface area (Å²) in [6.45, 7) is 4.41. The molecule has 1 aliphatic carbocycles. The predicted octanol–water partition coefficient (Wildman–Crippen LogP) is 5.03. The highest BCUT2D eigenvalue weighted by Gasteiger charge is 2.23. The van der Waals surface area contributed by atoms with Gasteiger partial charge in [-0.25, -0.2) is 9.97 Å². The summed E-state index contributed by atoms with van der Waals surface area (Å²) in [7, 11) is 0. The van der Waals surface area contributed by atoms with E-state index in [1.807, 2.05) is 0 Å². The Bertz CT molecular complexity index is 389. The first-order chi connectivity index (χ1) is 8.61. The summed E-state index contributed by atoms with van der Waals surface area (Å²) in [6.07, 6.45) is 6.66. The summed E-state index contributed by atoms with van der Waals surface area (Å²) in [6, 6.07) is 0. The van der Waals surface area contributed by atoms with Crippen molar-refractivity contribution >= 4 is 23.2 Å². The first-order valence-electron chi connectivity index (χ1n) is 6.83. The summed E-state index contributed by atoms with van der Waals surface area (Å²) in [5.74, 6) is 2.11. The van der Waals surface area contributed by atoms with Crippen LogP contribution in [0.1, 0.15) is 63.3 Å². The van der Waals surface area contributed by atoms with Gasteiger partial charge in [-0.05, 0) is 25.2 Å². The smallest absolute Gasteiger partial charge is 0.137 e. The standard InChI is InChI=1S/C14H20Cl2N2/c1-3-4-11-12(15)17-14(18-13(11)16)10-7-5-9(2)6-8-10/h9-10H,3-8H2,1-2H3. The third kappa shape index (κ3) is 3.16. The molecule has 1 aliphatic rings. The highest BCUT2D eigenvalue weighted by Crippen LogP contribution is 2.35. The van der Waals surface area contributed by atoms with Gasteiger partial charge in [0, 0.05) is 11.5 Å². The van der Waals surface area contributed by atoms with Gasteiger partial charge < -0.3 is 0 Å². The molecule has 1 fully saturated rings. The van der Waals surface area contributed by atoms with Gasteiger partial charge in [0.05, 0.1) is 0 Å². The van der Waals surface area contributed by atoms with Gasteiger partial charge in [0.15, 0.2) is 0 Å². The Morgan fingerprint density at radius 2 is 1.61 bits per heavy atom. The molecule has 0 spiro atoms. The van der Waals surface area contributed by atoms with Crippen LogP contribution in [0.5, 0.6) is 0 Å². The molecule has 0 N–H and O–H groups in total. The molecule has 0 bridgehead atoms. The molecule has 0 atom stereocenters. The van der Waals surface area contributed by atoms with E-state index in [0.29, 0.717) is 16.2 Å². The number of hydrogen-bond acceptors (Lipinski definition) is 2. The SMILES string of the molecule is CCCc1c(Cl)nc(C2CCC(C)CC2)nc1Cl. The third-order valence-corrected chi connectivity index (χ3v) is 4.43. The lowest BCUT2D eigenvalue weighted by Crippen LogP contribution is -2.14. The third-order valence-electron chi connectivity index (χ3n) is 3.80. The van der Waals surface area contributed by atoms with E-state index in [2.05, 4.69) is 23.8 Å². The lowest BCUT2D eigenvalue weighted by molar-refractivity contribution is 0.339. The van der Waals surface area contributed by atoms with Crippen LogP contribution in [0, 0.1) is 5.92 Å². The molecule has 1 heterocycles. The van der Waals surface area contributed by atoms with Crippen molar-refractivity contribution in [1.29, 1.82) is 0 Å². The Morgan fingerprint density at radius 1 is 1.06 bits per heavy atom. The van der Waals surface area contributed by atoms with E-state index in [9.17, 15) is 0 Å². The lowest BCUT2D eigenvalue weighted by atomic mass is 9.82. The fourth-order valence-electron chi connectivity index (χ4n) is 2.60. The molecule has 100 valence electrons. The second-order valence-corrected chi connectivity index (χ2v) is 6.06. The molecule has 4 heteroatoms. The highest BCUT2D eigenvalue weighted by molar-refractivity contribution is 6.34. The van der Waals surface area contributed by atoms with Crippen LogP contribution in [0.25, 0.3) is 0 Å². The molecule has 0 amide bonds. The minimum Gasteiger partial charge on any atom is -0.221 e. The first kappa shape index (κ1) is 14.1. The van der Waals surface area contributed by atoms with E-state index in [-0.39, 0.29) is 0 Å². The van der Waals surface area contributed by atoms with Gasteiger partial charge in [0.25, 0.3) is 0 Å². The van der Waals surface area contributed by atoms with E-state index < -0.39 is 0 Å². The maximum absolute atomic E-state index is 6.23. The Balaban J connectivity index is 2.19. The van der Waals surface area contributed by atoms with Crippen molar-refractivity contribution in [2.75, 3.05) is 0 Å². The van der Waals surface area contributed by atoms with Crippen molar-refractivity contribution in [2.24, 2.45) is 5.92 Å². The van der Waals surface area contributed by atoms with Crippen molar-refractivity contribution in [3.63, 3.8) is 0 Å². The molecule has 1 saturated carbocycles. The van der Waals surface area contributed by atoms with Crippen molar-refractivity contribution in [2.45, 2.75) is 58.3 Å². The van der Waals surface area contributed by atoms with E-state index in [1.165, 1.54) is 12.8 Å². The minimum atomic E-state index is 0.437. The van der Waals surface area contributed by atoms with Gasteiger partial charge in [-0.15, -0.1) is 0 Å². The molecule has 0 aliphatic heterocycles. The van der Waals surface area contributed by atoms with E-state index in [0.717, 1.165) is 43.0 Å². The van der Waals surface area contributed by atoms with Crippen LogP contribution < -0.4 is 0 Å². The summed E-state index contributed by atoms with van der Waals surface area (Å²) in [4.78, 5) is 8.94. The molecule has 0 aromatic carbocycles. The maximum atomic E-state index is 6.23. The molecular formula is C14H20Cl2N2. The number of aromatic nitrogens is 2. The molecule has 18 heavy (non-hydrogen) atoms. The van der Waals surface area contributed by atoms with Crippen molar-refractivity contribution in [1.82, 2.24) is 9.97 Å². The molecule has 2 nitrogen and oxygen atoms in total. The van der Waals surface area contributed by atoms with Gasteiger partial charge in [-0.3, -0.25) is 0 Å². The Hall–Kier alpha value is -0.340. The molecule has 0 unspecified atom stereocenters. The average Bonchev–Trinajstić information content (AvgIpc) is 2.34. The fourth-order valence-corrected chi connectivity index (χ4v) is 3.19. The quantitative estimate of drug-likeness (QED) is 0.729. The monoisotopic (exact) mass is 286 g/mol. The normalized spacial score (nSPS) is 24.2. The zero-order valence-corrected chi connectivity index (χ0v) is 12.6. The fraction of sp³-hybridized carbons (Fsp3) is 0.714. The first-order valence-corrected chi connectivity index (χ1v) is 7.59. The second kappa shape index (κ2) is 6.21. The van der Waals surface area contributed by atoms with Gasteiger partial charge in [0.2, 0.25) is 0 Å². The van der Waals surface area contributed by atoms with E-state index in [4.69, 9.17) is 23.2 Å². The van der Waals surface area contributed by atoms with Crippen LogP contribution in [-0.2, 0) is 6.42 Å². The summed E-state index contributed by atoms with van der Waals surface area (Å²) < 4.78 is 0. The van der Waals surface area contributed by atoms with E-state index >= 15 is 0 Å². The number of halogens is 2. The molecule has 0 saturated heterocycles. The summed E-state index contributed by atoms with van der Waals surface area (Å²) >= 11 is 12.5. The number of nitrogens with zero attached hydrogens (tertiary/aromatic N) is 2. The lowest BCUT2D eigenvalue weighted by Gasteiger charge is -2.25. The zero-order chi connectivity index (χ0) is 13.1. The van der Waals surface area contributed by atoms with Gasteiger partial charge >= 0.3 is 0 Å². The van der Waals surface area contributed by atoms with Crippen molar-refractivity contribution in [3.05, 3.63) is 21.7 Å². The average molecular weight is 287 g/mol. The van der Waals surface area contributed by atoms with Crippen LogP contribution in [-0.4, -0.2) is 9.97 Å². The van der Waals surface area contributed by atoms with Crippen LogP contribution in [0.4, 0.5) is 0 Å². The zero-order valence-electron chi connectivity index (χ0n) is 11.0. The van der Waals surface area contributed by atoms with Crippen LogP contribution >= 0.6 is 23.2 Å². The van der Waals surface area contributed by atoms with Gasteiger partial charge in [0.1, 0.15) is 16.1 Å². The second-order valence-electron chi connectivity index (χ2n) is 5.35. The van der Waals surface area contributed by atoms with Gasteiger partial charge in [-0.1, -0.05) is 56.3 Å². The topological polar surface area (TPSA) is 25.8 Å². The van der Waals surface area contributed by atoms with E-state index in [1.54, 1.807) is 0 Å². The largest absolute Gasteiger partial charge is 0.221 e. The van der Waals surface area contributed by atoms with Gasteiger partial charge in [-0.2, -0.15) is 0 Å². The van der Waals surface area contributed by atoms with Crippen molar-refractivity contribution < 1.29 is 0 Å². The summed E-state index contributed by atoms with van der Waals surface area (Å²) in [5, 5.41) is 1.09. The molecule has 2 rings (SSSR count). The molecule has 0 radical (unpaired) electrons. The predicted molar refractivity (Wildman–Crippen MR) is 76.4 cm³/mol. The Morgan fingerprint density at radius 3 is 2.11 bits per heavy atom. The summed E-state index contributed by atoms with van der Waals surface area (Å²) in [5.41, 5.74) is 0.897. The van der Waals surface area contributed by atoms with Crippen LogP contribution in [0.15, 0.2) is 0 Å². The van der Waals surface area contributed by atoms with Crippen LogP contribution in [0.2, 0.25) is 10.3 Å². The highest BCUT2D eigenvalue weighted by atomic mass is 35.5. The van der Waals surface area contributed by atoms with Crippen molar-refractivity contribution in [3.8, 4) is 0 Å². The molecular weight excluding hydrogens is 267 g/mol. The molecule has 1 aromatic rings. The number of rotatable bonds is 3. The Labute approximate surface area is 119 Å². The number of hydrogen-bond donors (Lipinski definition) is 0. The molecule has 1 aromatic heterocycles. The maximum Gasteiger partial charge on any atom is 0.137 e. The van der Waals surface area contributed by atoms with Crippen LogP contribution in [0.3, 0.4) is 0 Å². The minimum absolute atomic E-state index is 0.437. The Kier molecular flexibility index (Phi) is 4.85.